The van der Waals surface area contributed by atoms with Crippen molar-refractivity contribution < 1.29 is 12.8 Å². The fraction of sp³-hybridized carbons (Fsp3) is 0.250. The van der Waals surface area contributed by atoms with Gasteiger partial charge in [-0.2, -0.15) is 5.26 Å². The second-order valence-electron chi connectivity index (χ2n) is 8.39. The van der Waals surface area contributed by atoms with E-state index in [-0.39, 0.29) is 29.5 Å². The zero-order valence-corrected chi connectivity index (χ0v) is 20.2. The maximum absolute atomic E-state index is 16.1. The summed E-state index contributed by atoms with van der Waals surface area (Å²) in [5.74, 6) is -0.485. The lowest BCUT2D eigenvalue weighted by atomic mass is 10.0. The van der Waals surface area contributed by atoms with Crippen LogP contribution in [0.5, 0.6) is 0 Å². The van der Waals surface area contributed by atoms with Gasteiger partial charge >= 0.3 is 0 Å². The van der Waals surface area contributed by atoms with E-state index in [0.717, 1.165) is 11.6 Å². The third kappa shape index (κ3) is 4.27. The number of nitrogens with one attached hydrogen (secondary N) is 1. The highest BCUT2D eigenvalue weighted by atomic mass is 35.5. The first kappa shape index (κ1) is 23.4. The predicted molar refractivity (Wildman–Crippen MR) is 133 cm³/mol. The Morgan fingerprint density at radius 3 is 2.77 bits per heavy atom. The first-order valence-electron chi connectivity index (χ1n) is 10.9. The molecule has 1 aliphatic rings. The molecule has 2 aromatic carbocycles. The molecule has 1 N–H and O–H groups in total. The van der Waals surface area contributed by atoms with E-state index in [0.29, 0.717) is 41.0 Å². The van der Waals surface area contributed by atoms with Crippen molar-refractivity contribution in [3.63, 3.8) is 0 Å². The minimum absolute atomic E-state index is 0.0166. The van der Waals surface area contributed by atoms with Gasteiger partial charge in [-0.25, -0.2) is 22.8 Å². The third-order valence-electron chi connectivity index (χ3n) is 5.98. The van der Waals surface area contributed by atoms with Crippen molar-refractivity contribution >= 4 is 48.9 Å². The van der Waals surface area contributed by atoms with Crippen LogP contribution in [0.4, 0.5) is 10.2 Å². The zero-order valence-electron chi connectivity index (χ0n) is 18.7. The van der Waals surface area contributed by atoms with Gasteiger partial charge in [0.2, 0.25) is 15.0 Å². The number of anilines is 1. The number of aromatic nitrogens is 3. The van der Waals surface area contributed by atoms with Gasteiger partial charge in [-0.15, -0.1) is 0 Å². The van der Waals surface area contributed by atoms with Crippen LogP contribution in [0.15, 0.2) is 47.8 Å². The van der Waals surface area contributed by atoms with Crippen molar-refractivity contribution in [1.82, 2.24) is 20.3 Å². The molecule has 178 valence electrons. The van der Waals surface area contributed by atoms with Crippen LogP contribution < -0.4 is 10.2 Å². The number of hydrogen-bond donors (Lipinski definition) is 1. The minimum atomic E-state index is -3.84. The Kier molecular flexibility index (Phi) is 6.01. The average Bonchev–Trinajstić information content (AvgIpc) is 2.83. The highest BCUT2D eigenvalue weighted by Crippen LogP contribution is 2.37. The Bertz CT molecular complexity index is 1620. The summed E-state index contributed by atoms with van der Waals surface area (Å²) in [6, 6.07) is 12.8. The van der Waals surface area contributed by atoms with Crippen molar-refractivity contribution in [3.05, 3.63) is 53.4 Å². The molecule has 0 aliphatic carbocycles. The number of piperazine rings is 1. The molecule has 1 saturated heterocycles. The minimum Gasteiger partial charge on any atom is -0.353 e. The van der Waals surface area contributed by atoms with E-state index < -0.39 is 20.8 Å². The van der Waals surface area contributed by atoms with Gasteiger partial charge in [-0.1, -0.05) is 41.9 Å². The summed E-state index contributed by atoms with van der Waals surface area (Å²) >= 11 is 6.44. The van der Waals surface area contributed by atoms with E-state index >= 15 is 4.39 Å². The van der Waals surface area contributed by atoms with Crippen LogP contribution in [0.3, 0.4) is 0 Å². The van der Waals surface area contributed by atoms with Gasteiger partial charge in [0.25, 0.3) is 0 Å². The predicted octanol–water partition coefficient (Wildman–Crippen LogP) is 3.73. The fourth-order valence-electron chi connectivity index (χ4n) is 4.37. The van der Waals surface area contributed by atoms with E-state index in [2.05, 4.69) is 26.3 Å². The first-order valence-corrected chi connectivity index (χ1v) is 13.1. The quantitative estimate of drug-likeness (QED) is 0.413. The lowest BCUT2D eigenvalue weighted by Gasteiger charge is -2.34. The molecular weight excluding hydrogens is 491 g/mol. The van der Waals surface area contributed by atoms with Crippen molar-refractivity contribution in [2.75, 3.05) is 30.8 Å². The molecule has 0 radical (unpaired) electrons. The number of hydrogen-bond acceptors (Lipinski definition) is 8. The maximum Gasteiger partial charge on any atom is 0.249 e. The summed E-state index contributed by atoms with van der Waals surface area (Å²) in [5.41, 5.74) is 0.354. The summed E-state index contributed by atoms with van der Waals surface area (Å²) in [7, 11) is -3.84. The van der Waals surface area contributed by atoms with Crippen LogP contribution in [-0.2, 0) is 9.84 Å². The molecule has 1 fully saturated rings. The van der Waals surface area contributed by atoms with Crippen LogP contribution in [0.2, 0.25) is 5.02 Å². The number of nitriles is 1. The molecule has 3 heterocycles. The van der Waals surface area contributed by atoms with Gasteiger partial charge < -0.3 is 10.2 Å². The normalized spacial score (nSPS) is 16.5. The molecule has 0 bridgehead atoms. The SMILES string of the molecule is CS(=O)(=O)c1nc(N2CCN[C@@H](CC#N)C2)c2cnc(-c3cccc4cccc(Cl)c34)c(F)c2n1. The van der Waals surface area contributed by atoms with E-state index in [1.165, 1.54) is 6.20 Å². The number of nitrogens with zero attached hydrogens (tertiary/aromatic N) is 5. The summed E-state index contributed by atoms with van der Waals surface area (Å²) in [6.45, 7) is 1.47. The van der Waals surface area contributed by atoms with Gasteiger partial charge in [-0.3, -0.25) is 4.98 Å². The summed E-state index contributed by atoms with van der Waals surface area (Å²) < 4.78 is 40.9. The van der Waals surface area contributed by atoms with Crippen molar-refractivity contribution in [3.8, 4) is 17.3 Å². The number of fused-ring (bicyclic) bond motifs is 2. The van der Waals surface area contributed by atoms with Gasteiger partial charge in [0, 0.05) is 54.1 Å². The Balaban J connectivity index is 1.75. The zero-order chi connectivity index (χ0) is 24.7. The number of sulfone groups is 1. The molecule has 8 nitrogen and oxygen atoms in total. The maximum atomic E-state index is 16.1. The number of benzene rings is 2. The van der Waals surface area contributed by atoms with E-state index in [1.54, 1.807) is 18.2 Å². The van der Waals surface area contributed by atoms with Gasteiger partial charge in [0.1, 0.15) is 17.0 Å². The smallest absolute Gasteiger partial charge is 0.249 e. The Hall–Kier alpha value is -3.39. The summed E-state index contributed by atoms with van der Waals surface area (Å²) in [6.07, 6.45) is 2.72. The van der Waals surface area contributed by atoms with Crippen molar-refractivity contribution in [2.24, 2.45) is 0 Å². The molecule has 0 spiro atoms. The van der Waals surface area contributed by atoms with Crippen LogP contribution in [0.1, 0.15) is 6.42 Å². The first-order chi connectivity index (χ1) is 16.8. The summed E-state index contributed by atoms with van der Waals surface area (Å²) in [5, 5.41) is 14.1. The van der Waals surface area contributed by atoms with Gasteiger partial charge in [0.05, 0.1) is 17.9 Å². The van der Waals surface area contributed by atoms with Crippen molar-refractivity contribution in [2.45, 2.75) is 17.6 Å². The van der Waals surface area contributed by atoms with Gasteiger partial charge in [0.15, 0.2) is 5.82 Å². The highest BCUT2D eigenvalue weighted by molar-refractivity contribution is 7.90. The monoisotopic (exact) mass is 510 g/mol. The molecule has 11 heteroatoms. The molecule has 0 amide bonds. The topological polar surface area (TPSA) is 112 Å². The molecule has 1 aliphatic heterocycles. The van der Waals surface area contributed by atoms with Crippen LogP contribution >= 0.6 is 11.6 Å². The lowest BCUT2D eigenvalue weighted by molar-refractivity contribution is 0.460. The van der Waals surface area contributed by atoms with Gasteiger partial charge in [-0.05, 0) is 11.5 Å². The fourth-order valence-corrected chi connectivity index (χ4v) is 5.17. The van der Waals surface area contributed by atoms with E-state index in [9.17, 15) is 8.42 Å². The molecule has 1 atom stereocenters. The molecular formula is C24H20ClFN6O2S. The molecule has 4 aromatic rings. The number of pyridine rings is 1. The molecule has 5 rings (SSSR count). The molecule has 0 unspecified atom stereocenters. The molecule has 35 heavy (non-hydrogen) atoms. The largest absolute Gasteiger partial charge is 0.353 e. The van der Waals surface area contributed by atoms with Crippen LogP contribution in [-0.4, -0.2) is 55.3 Å². The third-order valence-corrected chi connectivity index (χ3v) is 7.14. The standard InChI is InChI=1S/C24H20ClFN6O2S/c1-35(33,34)24-30-22-17(23(31-24)32-11-10-28-15(13-32)8-9-27)12-29-21(20(22)26)16-6-2-4-14-5-3-7-18(25)19(14)16/h2-7,12,15,28H,8,10-11,13H2,1H3/t15-/m0/s1. The molecule has 0 saturated carbocycles. The van der Waals surface area contributed by atoms with E-state index in [1.807, 2.05) is 23.1 Å². The van der Waals surface area contributed by atoms with Crippen molar-refractivity contribution in [1.29, 1.82) is 5.26 Å². The van der Waals surface area contributed by atoms with E-state index in [4.69, 9.17) is 16.9 Å². The van der Waals surface area contributed by atoms with Crippen LogP contribution in [0.25, 0.3) is 32.9 Å². The number of halogens is 2. The Morgan fingerprint density at radius 2 is 2.03 bits per heavy atom. The molecule has 2 aromatic heterocycles. The Labute approximate surface area is 206 Å². The van der Waals surface area contributed by atoms with Crippen LogP contribution in [0, 0.1) is 17.1 Å². The summed E-state index contributed by atoms with van der Waals surface area (Å²) in [4.78, 5) is 14.6. The Morgan fingerprint density at radius 1 is 1.26 bits per heavy atom. The average molecular weight is 511 g/mol. The second kappa shape index (κ2) is 9.00. The highest BCUT2D eigenvalue weighted by Gasteiger charge is 2.27. The number of rotatable bonds is 4. The lowest BCUT2D eigenvalue weighted by Crippen LogP contribution is -2.51. The second-order valence-corrected chi connectivity index (χ2v) is 10.7.